The number of amides is 1. The Hall–Kier alpha value is -3.21. The zero-order valence-corrected chi connectivity index (χ0v) is 19.3. The van der Waals surface area contributed by atoms with Crippen molar-refractivity contribution in [2.75, 3.05) is 45.3 Å². The largest absolute Gasteiger partial charge is 0.497 e. The van der Waals surface area contributed by atoms with E-state index < -0.39 is 28.5 Å². The number of morpholine rings is 1. The van der Waals surface area contributed by atoms with E-state index >= 15 is 0 Å². The van der Waals surface area contributed by atoms with E-state index in [1.54, 1.807) is 56.5 Å². The third-order valence-electron chi connectivity index (χ3n) is 4.91. The summed E-state index contributed by atoms with van der Waals surface area (Å²) in [5.41, 5.74) is 1.60. The lowest BCUT2D eigenvalue weighted by atomic mass is 10.2. The molecule has 33 heavy (non-hydrogen) atoms. The van der Waals surface area contributed by atoms with Gasteiger partial charge in [0.05, 0.1) is 25.2 Å². The molecule has 1 aliphatic heterocycles. The van der Waals surface area contributed by atoms with Gasteiger partial charge in [0, 0.05) is 24.9 Å². The number of hydrogen-bond donors (Lipinski definition) is 1. The van der Waals surface area contributed by atoms with Gasteiger partial charge in [-0.3, -0.25) is 4.79 Å². The number of carbonyl (C=O) groups excluding carboxylic acids is 2. The zero-order valence-electron chi connectivity index (χ0n) is 18.4. The highest BCUT2D eigenvalue weighted by Gasteiger charge is 2.28. The van der Waals surface area contributed by atoms with Crippen molar-refractivity contribution >= 4 is 33.7 Å². The average molecular weight is 475 g/mol. The Balaban J connectivity index is 1.58. The fourth-order valence-electron chi connectivity index (χ4n) is 3.17. The van der Waals surface area contributed by atoms with Crippen molar-refractivity contribution < 1.29 is 32.2 Å². The summed E-state index contributed by atoms with van der Waals surface area (Å²) in [5.74, 6) is -0.623. The van der Waals surface area contributed by atoms with Gasteiger partial charge in [-0.05, 0) is 48.4 Å². The van der Waals surface area contributed by atoms with Gasteiger partial charge in [-0.25, -0.2) is 13.2 Å². The number of nitrogens with zero attached hydrogens (tertiary/aromatic N) is 1. The maximum absolute atomic E-state index is 13.0. The molecule has 9 nitrogen and oxygen atoms in total. The molecule has 1 heterocycles. The second-order valence-electron chi connectivity index (χ2n) is 7.26. The van der Waals surface area contributed by atoms with Gasteiger partial charge in [-0.2, -0.15) is 4.31 Å². The SMILES string of the molecule is COc1cccc(/C=C/C(=O)OCC(=O)Nc2ccc(C)c(S(=O)(=O)N3CCOCC3)c2)c1. The molecule has 10 heteroatoms. The van der Waals surface area contributed by atoms with Crippen LogP contribution in [0.4, 0.5) is 5.69 Å². The average Bonchev–Trinajstić information content (AvgIpc) is 2.83. The quantitative estimate of drug-likeness (QED) is 0.461. The van der Waals surface area contributed by atoms with Gasteiger partial charge in [0.25, 0.3) is 5.91 Å². The summed E-state index contributed by atoms with van der Waals surface area (Å²) in [6.07, 6.45) is 2.76. The number of ether oxygens (including phenoxy) is 3. The van der Waals surface area contributed by atoms with Crippen molar-refractivity contribution in [2.45, 2.75) is 11.8 Å². The molecule has 0 aromatic heterocycles. The van der Waals surface area contributed by atoms with Crippen LogP contribution in [0, 0.1) is 6.92 Å². The topological polar surface area (TPSA) is 111 Å². The molecule has 1 saturated heterocycles. The first kappa shape index (κ1) is 24.4. The molecule has 0 unspecified atom stereocenters. The third-order valence-corrected chi connectivity index (χ3v) is 6.95. The van der Waals surface area contributed by atoms with Crippen molar-refractivity contribution in [1.82, 2.24) is 4.31 Å². The summed E-state index contributed by atoms with van der Waals surface area (Å²) in [4.78, 5) is 24.2. The maximum atomic E-state index is 13.0. The fourth-order valence-corrected chi connectivity index (χ4v) is 4.83. The molecule has 1 fully saturated rings. The van der Waals surface area contributed by atoms with E-state index in [0.717, 1.165) is 5.56 Å². The fraction of sp³-hybridized carbons (Fsp3) is 0.304. The van der Waals surface area contributed by atoms with E-state index in [-0.39, 0.29) is 18.0 Å². The second-order valence-corrected chi connectivity index (χ2v) is 9.17. The van der Waals surface area contributed by atoms with Gasteiger partial charge in [-0.1, -0.05) is 18.2 Å². The number of hydrogen-bond acceptors (Lipinski definition) is 7. The highest BCUT2D eigenvalue weighted by atomic mass is 32.2. The molecular formula is C23H26N2O7S. The smallest absolute Gasteiger partial charge is 0.331 e. The molecule has 0 saturated carbocycles. The predicted molar refractivity (Wildman–Crippen MR) is 122 cm³/mol. The zero-order chi connectivity index (χ0) is 23.8. The number of methoxy groups -OCH3 is 1. The van der Waals surface area contributed by atoms with Gasteiger partial charge in [0.2, 0.25) is 10.0 Å². The van der Waals surface area contributed by atoms with Crippen molar-refractivity contribution in [3.05, 3.63) is 59.7 Å². The molecule has 1 amide bonds. The van der Waals surface area contributed by atoms with Crippen LogP contribution in [-0.2, 0) is 29.1 Å². The van der Waals surface area contributed by atoms with Crippen molar-refractivity contribution in [2.24, 2.45) is 0 Å². The van der Waals surface area contributed by atoms with Gasteiger partial charge in [-0.15, -0.1) is 0 Å². The Kier molecular flexibility index (Phi) is 8.21. The van der Waals surface area contributed by atoms with Crippen LogP contribution in [0.1, 0.15) is 11.1 Å². The first-order chi connectivity index (χ1) is 15.8. The second kappa shape index (κ2) is 11.1. The lowest BCUT2D eigenvalue weighted by Crippen LogP contribution is -2.40. The normalized spacial score (nSPS) is 14.7. The van der Waals surface area contributed by atoms with Gasteiger partial charge in [0.1, 0.15) is 5.75 Å². The molecule has 1 N–H and O–H groups in total. The summed E-state index contributed by atoms with van der Waals surface area (Å²) in [6, 6.07) is 11.7. The Morgan fingerprint density at radius 1 is 1.15 bits per heavy atom. The summed E-state index contributed by atoms with van der Waals surface area (Å²) in [7, 11) is -2.17. The van der Waals surface area contributed by atoms with Crippen molar-refractivity contribution in [3.63, 3.8) is 0 Å². The number of aryl methyl sites for hydroxylation is 1. The monoisotopic (exact) mass is 474 g/mol. The third kappa shape index (κ3) is 6.64. The molecule has 0 radical (unpaired) electrons. The molecule has 1 aliphatic rings. The first-order valence-electron chi connectivity index (χ1n) is 10.3. The molecule has 2 aromatic rings. The molecule has 0 aliphatic carbocycles. The van der Waals surface area contributed by atoms with Crippen LogP contribution in [0.3, 0.4) is 0 Å². The predicted octanol–water partition coefficient (Wildman–Crippen LogP) is 2.22. The number of nitrogens with one attached hydrogen (secondary N) is 1. The van der Waals surface area contributed by atoms with E-state index in [2.05, 4.69) is 5.32 Å². The standard InChI is InChI=1S/C23H26N2O7S/c1-17-6-8-19(15-21(17)33(28,29)25-10-12-31-13-11-25)24-22(26)16-32-23(27)9-7-18-4-3-5-20(14-18)30-2/h3-9,14-15H,10-13,16H2,1-2H3,(H,24,26)/b9-7+. The number of sulfonamides is 1. The van der Waals surface area contributed by atoms with Crippen LogP contribution in [-0.4, -0.2) is 64.6 Å². The molecule has 3 rings (SSSR count). The summed E-state index contributed by atoms with van der Waals surface area (Å²) < 4.78 is 42.6. The van der Waals surface area contributed by atoms with Gasteiger partial charge in [0.15, 0.2) is 6.61 Å². The minimum atomic E-state index is -3.72. The number of anilines is 1. The van der Waals surface area contributed by atoms with E-state index in [4.69, 9.17) is 14.2 Å². The number of esters is 1. The Labute approximate surface area is 193 Å². The Morgan fingerprint density at radius 3 is 2.64 bits per heavy atom. The lowest BCUT2D eigenvalue weighted by Gasteiger charge is -2.26. The first-order valence-corrected chi connectivity index (χ1v) is 11.7. The van der Waals surface area contributed by atoms with E-state index in [9.17, 15) is 18.0 Å². The molecule has 176 valence electrons. The minimum Gasteiger partial charge on any atom is -0.497 e. The van der Waals surface area contributed by atoms with Crippen LogP contribution in [0.15, 0.2) is 53.4 Å². The summed E-state index contributed by atoms with van der Waals surface area (Å²) in [6.45, 7) is 2.41. The molecule has 0 bridgehead atoms. The lowest BCUT2D eigenvalue weighted by molar-refractivity contribution is -0.142. The molecule has 2 aromatic carbocycles. The molecule has 0 atom stereocenters. The minimum absolute atomic E-state index is 0.111. The van der Waals surface area contributed by atoms with Crippen LogP contribution in [0.25, 0.3) is 6.08 Å². The van der Waals surface area contributed by atoms with Crippen molar-refractivity contribution in [1.29, 1.82) is 0 Å². The number of rotatable bonds is 8. The maximum Gasteiger partial charge on any atom is 0.331 e. The van der Waals surface area contributed by atoms with E-state index in [1.165, 1.54) is 16.4 Å². The summed E-state index contributed by atoms with van der Waals surface area (Å²) in [5, 5.41) is 2.56. The van der Waals surface area contributed by atoms with E-state index in [1.807, 2.05) is 0 Å². The molecule has 0 spiro atoms. The highest BCUT2D eigenvalue weighted by Crippen LogP contribution is 2.24. The van der Waals surface area contributed by atoms with Crippen LogP contribution in [0.2, 0.25) is 0 Å². The van der Waals surface area contributed by atoms with Gasteiger partial charge >= 0.3 is 5.97 Å². The van der Waals surface area contributed by atoms with Crippen LogP contribution >= 0.6 is 0 Å². The number of benzene rings is 2. The molecular weight excluding hydrogens is 448 g/mol. The number of carbonyl (C=O) groups is 2. The summed E-state index contributed by atoms with van der Waals surface area (Å²) >= 11 is 0. The highest BCUT2D eigenvalue weighted by molar-refractivity contribution is 7.89. The van der Waals surface area contributed by atoms with Crippen molar-refractivity contribution in [3.8, 4) is 5.75 Å². The van der Waals surface area contributed by atoms with Crippen LogP contribution < -0.4 is 10.1 Å². The van der Waals surface area contributed by atoms with Crippen LogP contribution in [0.5, 0.6) is 5.75 Å². The van der Waals surface area contributed by atoms with Gasteiger partial charge < -0.3 is 19.5 Å². The Bertz CT molecular complexity index is 1140. The van der Waals surface area contributed by atoms with E-state index in [0.29, 0.717) is 30.2 Å². The Morgan fingerprint density at radius 2 is 1.91 bits per heavy atom.